The van der Waals surface area contributed by atoms with E-state index in [1.54, 1.807) is 20.9 Å². The average molecular weight is 278 g/mol. The van der Waals surface area contributed by atoms with Crippen molar-refractivity contribution in [3.8, 4) is 0 Å². The van der Waals surface area contributed by atoms with Crippen LogP contribution in [0.3, 0.4) is 0 Å². The number of hydrogen-bond acceptors (Lipinski definition) is 3. The predicted molar refractivity (Wildman–Crippen MR) is 78.9 cm³/mol. The summed E-state index contributed by atoms with van der Waals surface area (Å²) in [6.07, 6.45) is 0. The van der Waals surface area contributed by atoms with E-state index in [4.69, 9.17) is 5.11 Å². The van der Waals surface area contributed by atoms with Gasteiger partial charge in [0, 0.05) is 5.69 Å². The normalized spacial score (nSPS) is 11.5. The Labute approximate surface area is 119 Å². The van der Waals surface area contributed by atoms with Gasteiger partial charge in [0.15, 0.2) is 0 Å². The van der Waals surface area contributed by atoms with Crippen LogP contribution in [0, 0.1) is 13.8 Å². The van der Waals surface area contributed by atoms with E-state index in [0.717, 1.165) is 16.8 Å². The van der Waals surface area contributed by atoms with Crippen molar-refractivity contribution in [1.82, 2.24) is 4.90 Å². The number of benzene rings is 1. The number of rotatable bonds is 5. The Bertz CT molecular complexity index is 524. The summed E-state index contributed by atoms with van der Waals surface area (Å²) in [6, 6.07) is 5.82. The second-order valence-corrected chi connectivity index (χ2v) is 5.59. The van der Waals surface area contributed by atoms with Crippen LogP contribution in [0.2, 0.25) is 0 Å². The number of hydrogen-bond donors (Lipinski definition) is 2. The molecule has 1 aromatic rings. The Morgan fingerprint density at radius 2 is 1.90 bits per heavy atom. The first-order chi connectivity index (χ1) is 9.14. The van der Waals surface area contributed by atoms with Gasteiger partial charge in [-0.15, -0.1) is 0 Å². The lowest BCUT2D eigenvalue weighted by molar-refractivity contribution is -0.148. The van der Waals surface area contributed by atoms with Crippen LogP contribution in [-0.2, 0) is 9.59 Å². The largest absolute Gasteiger partial charge is 0.480 e. The third-order valence-electron chi connectivity index (χ3n) is 3.53. The first kappa shape index (κ1) is 16.2. The van der Waals surface area contributed by atoms with Crippen LogP contribution in [0.5, 0.6) is 0 Å². The maximum atomic E-state index is 12.0. The number of carboxylic acids is 1. The molecule has 0 unspecified atom stereocenters. The van der Waals surface area contributed by atoms with E-state index < -0.39 is 11.5 Å². The van der Waals surface area contributed by atoms with E-state index in [-0.39, 0.29) is 12.5 Å². The summed E-state index contributed by atoms with van der Waals surface area (Å²) in [7, 11) is 1.62. The minimum Gasteiger partial charge on any atom is -0.480 e. The maximum Gasteiger partial charge on any atom is 0.323 e. The molecule has 0 bridgehead atoms. The summed E-state index contributed by atoms with van der Waals surface area (Å²) >= 11 is 0. The van der Waals surface area contributed by atoms with Gasteiger partial charge in [-0.1, -0.05) is 12.1 Å². The number of aryl methyl sites for hydroxylation is 2. The van der Waals surface area contributed by atoms with Gasteiger partial charge >= 0.3 is 5.97 Å². The van der Waals surface area contributed by atoms with Gasteiger partial charge in [0.2, 0.25) is 5.91 Å². The lowest BCUT2D eigenvalue weighted by Crippen LogP contribution is -2.50. The number of likely N-dealkylation sites (N-methyl/N-ethyl adjacent to an activating group) is 1. The van der Waals surface area contributed by atoms with E-state index in [1.807, 2.05) is 32.0 Å². The van der Waals surface area contributed by atoms with Crippen LogP contribution in [0.15, 0.2) is 18.2 Å². The smallest absolute Gasteiger partial charge is 0.323 e. The number of aliphatic carboxylic acids is 1. The van der Waals surface area contributed by atoms with Gasteiger partial charge in [-0.2, -0.15) is 0 Å². The molecule has 0 saturated carbocycles. The number of nitrogens with zero attached hydrogens (tertiary/aromatic N) is 1. The summed E-state index contributed by atoms with van der Waals surface area (Å²) < 4.78 is 0. The van der Waals surface area contributed by atoms with Gasteiger partial charge in [0.05, 0.1) is 6.54 Å². The van der Waals surface area contributed by atoms with Gasteiger partial charge < -0.3 is 10.4 Å². The summed E-state index contributed by atoms with van der Waals surface area (Å²) in [5, 5.41) is 11.9. The molecular formula is C15H22N2O3. The van der Waals surface area contributed by atoms with Crippen molar-refractivity contribution in [3.05, 3.63) is 29.3 Å². The molecule has 5 heteroatoms. The van der Waals surface area contributed by atoms with Gasteiger partial charge in [0.25, 0.3) is 0 Å². The minimum absolute atomic E-state index is 0.0205. The standard InChI is InChI=1S/C15H22N2O3/c1-10-6-7-11(2)12(8-10)16-13(18)9-17(5)15(3,4)14(19)20/h6-8H,9H2,1-5H3,(H,16,18)(H,19,20). The van der Waals surface area contributed by atoms with E-state index in [1.165, 1.54) is 4.90 Å². The van der Waals surface area contributed by atoms with Crippen molar-refractivity contribution in [2.75, 3.05) is 18.9 Å². The zero-order valence-corrected chi connectivity index (χ0v) is 12.7. The molecule has 0 spiro atoms. The molecule has 1 aromatic carbocycles. The van der Waals surface area contributed by atoms with Gasteiger partial charge in [-0.25, -0.2) is 0 Å². The molecule has 20 heavy (non-hydrogen) atoms. The number of carboxylic acid groups (broad SMARTS) is 1. The zero-order chi connectivity index (χ0) is 15.5. The minimum atomic E-state index is -1.08. The van der Waals surface area contributed by atoms with Crippen molar-refractivity contribution in [2.24, 2.45) is 0 Å². The lowest BCUT2D eigenvalue weighted by atomic mass is 10.0. The molecule has 0 aliphatic heterocycles. The van der Waals surface area contributed by atoms with Gasteiger partial charge in [-0.3, -0.25) is 14.5 Å². The Kier molecular flexibility index (Phi) is 4.89. The van der Waals surface area contributed by atoms with Crippen LogP contribution >= 0.6 is 0 Å². The highest BCUT2D eigenvalue weighted by molar-refractivity contribution is 5.93. The highest BCUT2D eigenvalue weighted by atomic mass is 16.4. The maximum absolute atomic E-state index is 12.0. The predicted octanol–water partition coefficient (Wildman–Crippen LogP) is 2.04. The topological polar surface area (TPSA) is 69.6 Å². The summed E-state index contributed by atoms with van der Waals surface area (Å²) in [5.74, 6) is -1.19. The number of nitrogens with one attached hydrogen (secondary N) is 1. The van der Waals surface area contributed by atoms with Crippen molar-refractivity contribution in [1.29, 1.82) is 0 Å². The fourth-order valence-corrected chi connectivity index (χ4v) is 1.64. The Morgan fingerprint density at radius 1 is 1.30 bits per heavy atom. The summed E-state index contributed by atoms with van der Waals surface area (Å²) in [5.41, 5.74) is 1.71. The van der Waals surface area contributed by atoms with Crippen LogP contribution < -0.4 is 5.32 Å². The van der Waals surface area contributed by atoms with E-state index in [2.05, 4.69) is 5.32 Å². The number of anilines is 1. The van der Waals surface area contributed by atoms with Crippen molar-refractivity contribution in [2.45, 2.75) is 33.2 Å². The average Bonchev–Trinajstić information content (AvgIpc) is 2.33. The van der Waals surface area contributed by atoms with Crippen LogP contribution in [0.1, 0.15) is 25.0 Å². The molecule has 2 N–H and O–H groups in total. The molecule has 1 amide bonds. The lowest BCUT2D eigenvalue weighted by Gasteiger charge is -2.30. The van der Waals surface area contributed by atoms with E-state index in [0.29, 0.717) is 0 Å². The number of amides is 1. The first-order valence-electron chi connectivity index (χ1n) is 6.46. The highest BCUT2D eigenvalue weighted by Crippen LogP contribution is 2.17. The molecule has 0 aliphatic rings. The Morgan fingerprint density at radius 3 is 2.45 bits per heavy atom. The molecule has 5 nitrogen and oxygen atoms in total. The fourth-order valence-electron chi connectivity index (χ4n) is 1.64. The van der Waals surface area contributed by atoms with E-state index >= 15 is 0 Å². The monoisotopic (exact) mass is 278 g/mol. The van der Waals surface area contributed by atoms with Crippen molar-refractivity contribution < 1.29 is 14.7 Å². The molecule has 0 saturated heterocycles. The SMILES string of the molecule is Cc1ccc(C)c(NC(=O)CN(C)C(C)(C)C(=O)O)c1. The first-order valence-corrected chi connectivity index (χ1v) is 6.46. The van der Waals surface area contributed by atoms with Gasteiger partial charge in [-0.05, 0) is 51.9 Å². The second kappa shape index (κ2) is 6.05. The van der Waals surface area contributed by atoms with Gasteiger partial charge in [0.1, 0.15) is 5.54 Å². The quantitative estimate of drug-likeness (QED) is 0.864. The molecule has 0 heterocycles. The van der Waals surface area contributed by atoms with Crippen LogP contribution in [-0.4, -0.2) is 41.0 Å². The molecule has 0 radical (unpaired) electrons. The highest BCUT2D eigenvalue weighted by Gasteiger charge is 2.32. The van der Waals surface area contributed by atoms with Crippen molar-refractivity contribution >= 4 is 17.6 Å². The second-order valence-electron chi connectivity index (χ2n) is 5.59. The number of carbonyl (C=O) groups is 2. The fraction of sp³-hybridized carbons (Fsp3) is 0.467. The van der Waals surface area contributed by atoms with Crippen LogP contribution in [0.4, 0.5) is 5.69 Å². The summed E-state index contributed by atoms with van der Waals surface area (Å²) in [6.45, 7) is 7.03. The molecule has 0 fully saturated rings. The Balaban J connectivity index is 2.73. The number of carbonyl (C=O) groups excluding carboxylic acids is 1. The zero-order valence-electron chi connectivity index (χ0n) is 12.7. The molecule has 110 valence electrons. The third kappa shape index (κ3) is 3.81. The molecule has 0 atom stereocenters. The summed E-state index contributed by atoms with van der Waals surface area (Å²) in [4.78, 5) is 24.6. The third-order valence-corrected chi connectivity index (χ3v) is 3.53. The molecule has 1 rings (SSSR count). The van der Waals surface area contributed by atoms with E-state index in [9.17, 15) is 9.59 Å². The molecule has 0 aliphatic carbocycles. The van der Waals surface area contributed by atoms with Crippen LogP contribution in [0.25, 0.3) is 0 Å². The van der Waals surface area contributed by atoms with Crippen molar-refractivity contribution in [3.63, 3.8) is 0 Å². The molecule has 0 aromatic heterocycles. The Hall–Kier alpha value is -1.88. The molecular weight excluding hydrogens is 256 g/mol.